The normalized spacial score (nSPS) is 26.3. The van der Waals surface area contributed by atoms with Gasteiger partial charge in [0.05, 0.1) is 6.10 Å². The topological polar surface area (TPSA) is 75.6 Å². The van der Waals surface area contributed by atoms with E-state index in [-0.39, 0.29) is 17.9 Å². The number of carbonyl (C=O) groups is 2. The monoisotopic (exact) mass is 289 g/mol. The standard InChI is InChI=1S/C16H19NO4/c18-14(16(7-8-16)15(19)20)17-10-12-6-9-21-13(12)11-4-2-1-3-5-11/h1-5,12-13H,6-10H2,(H,17,18)(H,19,20)/t12-,13-/m0/s1. The quantitative estimate of drug-likeness (QED) is 0.810. The van der Waals surface area contributed by atoms with Gasteiger partial charge in [0.15, 0.2) is 0 Å². The average molecular weight is 289 g/mol. The number of ether oxygens (including phenoxy) is 1. The van der Waals surface area contributed by atoms with Crippen LogP contribution in [-0.2, 0) is 14.3 Å². The maximum absolute atomic E-state index is 12.0. The second-order valence-corrected chi connectivity index (χ2v) is 5.85. The minimum absolute atomic E-state index is 0.0218. The largest absolute Gasteiger partial charge is 0.480 e. The number of nitrogens with one attached hydrogen (secondary N) is 1. The Bertz CT molecular complexity index is 538. The highest BCUT2D eigenvalue weighted by atomic mass is 16.5. The van der Waals surface area contributed by atoms with Gasteiger partial charge in [0.2, 0.25) is 5.91 Å². The Kier molecular flexibility index (Phi) is 3.68. The van der Waals surface area contributed by atoms with E-state index in [2.05, 4.69) is 5.32 Å². The average Bonchev–Trinajstić information content (AvgIpc) is 3.19. The van der Waals surface area contributed by atoms with Crippen molar-refractivity contribution in [3.63, 3.8) is 0 Å². The van der Waals surface area contributed by atoms with Crippen molar-refractivity contribution in [1.82, 2.24) is 5.32 Å². The number of carboxylic acid groups (broad SMARTS) is 1. The number of carboxylic acids is 1. The van der Waals surface area contributed by atoms with E-state index in [1.165, 1.54) is 0 Å². The molecule has 2 aliphatic rings. The lowest BCUT2D eigenvalue weighted by Gasteiger charge is -2.20. The highest BCUT2D eigenvalue weighted by Gasteiger charge is 2.57. The van der Waals surface area contributed by atoms with Crippen molar-refractivity contribution >= 4 is 11.9 Å². The van der Waals surface area contributed by atoms with Crippen LogP contribution in [0.25, 0.3) is 0 Å². The van der Waals surface area contributed by atoms with Crippen molar-refractivity contribution in [3.8, 4) is 0 Å². The summed E-state index contributed by atoms with van der Waals surface area (Å²) in [5, 5.41) is 11.9. The number of hydrogen-bond donors (Lipinski definition) is 2. The molecule has 1 aliphatic carbocycles. The van der Waals surface area contributed by atoms with E-state index < -0.39 is 11.4 Å². The van der Waals surface area contributed by atoms with Gasteiger partial charge < -0.3 is 15.2 Å². The summed E-state index contributed by atoms with van der Waals surface area (Å²) < 4.78 is 5.76. The predicted octanol–water partition coefficient (Wildman–Crippen LogP) is 1.75. The fourth-order valence-electron chi connectivity index (χ4n) is 2.91. The molecule has 3 rings (SSSR count). The third-order valence-electron chi connectivity index (χ3n) is 4.46. The van der Waals surface area contributed by atoms with Gasteiger partial charge in [-0.2, -0.15) is 0 Å². The minimum Gasteiger partial charge on any atom is -0.480 e. The van der Waals surface area contributed by atoms with E-state index in [0.29, 0.717) is 26.0 Å². The van der Waals surface area contributed by atoms with E-state index in [1.54, 1.807) is 0 Å². The summed E-state index contributed by atoms with van der Waals surface area (Å²) in [6.45, 7) is 1.14. The second kappa shape index (κ2) is 5.48. The Morgan fingerprint density at radius 1 is 1.29 bits per heavy atom. The lowest BCUT2D eigenvalue weighted by molar-refractivity contribution is -0.149. The highest BCUT2D eigenvalue weighted by Crippen LogP contribution is 2.46. The van der Waals surface area contributed by atoms with Crippen LogP contribution in [0, 0.1) is 11.3 Å². The van der Waals surface area contributed by atoms with Gasteiger partial charge in [-0.25, -0.2) is 0 Å². The third kappa shape index (κ3) is 2.65. The summed E-state index contributed by atoms with van der Waals surface area (Å²) in [4.78, 5) is 23.2. The molecule has 0 bridgehead atoms. The number of rotatable bonds is 5. The molecule has 2 atom stereocenters. The number of carbonyl (C=O) groups excluding carboxylic acids is 1. The van der Waals surface area contributed by atoms with E-state index in [4.69, 9.17) is 9.84 Å². The van der Waals surface area contributed by atoms with Crippen LogP contribution < -0.4 is 5.32 Å². The van der Waals surface area contributed by atoms with Crippen molar-refractivity contribution in [2.75, 3.05) is 13.2 Å². The van der Waals surface area contributed by atoms with Crippen LogP contribution in [0.1, 0.15) is 30.9 Å². The van der Waals surface area contributed by atoms with Crippen molar-refractivity contribution in [2.24, 2.45) is 11.3 Å². The predicted molar refractivity (Wildman–Crippen MR) is 75.6 cm³/mol. The maximum Gasteiger partial charge on any atom is 0.319 e. The van der Waals surface area contributed by atoms with Gasteiger partial charge in [0, 0.05) is 19.1 Å². The zero-order valence-corrected chi connectivity index (χ0v) is 11.7. The fourth-order valence-corrected chi connectivity index (χ4v) is 2.91. The molecule has 1 saturated carbocycles. The summed E-state index contributed by atoms with van der Waals surface area (Å²) in [7, 11) is 0. The smallest absolute Gasteiger partial charge is 0.319 e. The number of hydrogen-bond acceptors (Lipinski definition) is 3. The first-order valence-electron chi connectivity index (χ1n) is 7.32. The molecular weight excluding hydrogens is 270 g/mol. The molecule has 1 aromatic rings. The summed E-state index contributed by atoms with van der Waals surface area (Å²) >= 11 is 0. The molecule has 1 heterocycles. The van der Waals surface area contributed by atoms with Gasteiger partial charge in [-0.3, -0.25) is 9.59 Å². The first kappa shape index (κ1) is 14.1. The Morgan fingerprint density at radius 2 is 2.00 bits per heavy atom. The van der Waals surface area contributed by atoms with Gasteiger partial charge >= 0.3 is 5.97 Å². The summed E-state index contributed by atoms with van der Waals surface area (Å²) in [5.41, 5.74) is -0.0598. The molecular formula is C16H19NO4. The van der Waals surface area contributed by atoms with Crippen LogP contribution in [0.3, 0.4) is 0 Å². The molecule has 112 valence electrons. The Morgan fingerprint density at radius 3 is 2.62 bits per heavy atom. The SMILES string of the molecule is O=C(O)C1(C(=O)NC[C@@H]2CCO[C@H]2c2ccccc2)CC1. The fraction of sp³-hybridized carbons (Fsp3) is 0.500. The molecule has 21 heavy (non-hydrogen) atoms. The summed E-state index contributed by atoms with van der Waals surface area (Å²) in [5.74, 6) is -1.17. The van der Waals surface area contributed by atoms with Crippen molar-refractivity contribution in [3.05, 3.63) is 35.9 Å². The zero-order chi connectivity index (χ0) is 14.9. The first-order valence-corrected chi connectivity index (χ1v) is 7.32. The maximum atomic E-state index is 12.0. The first-order chi connectivity index (χ1) is 10.1. The molecule has 1 amide bonds. The van der Waals surface area contributed by atoms with Crippen LogP contribution in [0.2, 0.25) is 0 Å². The van der Waals surface area contributed by atoms with Crippen LogP contribution in [-0.4, -0.2) is 30.1 Å². The van der Waals surface area contributed by atoms with E-state index in [9.17, 15) is 9.59 Å². The van der Waals surface area contributed by atoms with Gasteiger partial charge in [-0.05, 0) is 24.8 Å². The van der Waals surface area contributed by atoms with Crippen LogP contribution in [0.15, 0.2) is 30.3 Å². The molecule has 0 radical (unpaired) electrons. The molecule has 1 aromatic carbocycles. The molecule has 1 aliphatic heterocycles. The number of amides is 1. The lowest BCUT2D eigenvalue weighted by Crippen LogP contribution is -2.39. The summed E-state index contributed by atoms with van der Waals surface area (Å²) in [6, 6.07) is 9.93. The van der Waals surface area contributed by atoms with Crippen LogP contribution in [0.5, 0.6) is 0 Å². The third-order valence-corrected chi connectivity index (χ3v) is 4.46. The molecule has 0 unspecified atom stereocenters. The molecule has 0 spiro atoms. The molecule has 2 N–H and O–H groups in total. The van der Waals surface area contributed by atoms with Crippen molar-refractivity contribution in [1.29, 1.82) is 0 Å². The van der Waals surface area contributed by atoms with E-state index in [1.807, 2.05) is 30.3 Å². The number of benzene rings is 1. The minimum atomic E-state index is -1.16. The van der Waals surface area contributed by atoms with Crippen molar-refractivity contribution in [2.45, 2.75) is 25.4 Å². The molecule has 0 aromatic heterocycles. The van der Waals surface area contributed by atoms with Crippen molar-refractivity contribution < 1.29 is 19.4 Å². The lowest BCUT2D eigenvalue weighted by atomic mass is 9.95. The Balaban J connectivity index is 1.60. The molecule has 2 fully saturated rings. The summed E-state index contributed by atoms with van der Waals surface area (Å²) in [6.07, 6.45) is 1.74. The van der Waals surface area contributed by atoms with Gasteiger partial charge in [-0.15, -0.1) is 0 Å². The zero-order valence-electron chi connectivity index (χ0n) is 11.7. The van der Waals surface area contributed by atoms with Crippen LogP contribution >= 0.6 is 0 Å². The highest BCUT2D eigenvalue weighted by molar-refractivity contribution is 6.04. The molecule has 1 saturated heterocycles. The van der Waals surface area contributed by atoms with Gasteiger partial charge in [0.1, 0.15) is 5.41 Å². The Labute approximate surface area is 123 Å². The Hall–Kier alpha value is -1.88. The van der Waals surface area contributed by atoms with Gasteiger partial charge in [-0.1, -0.05) is 30.3 Å². The van der Waals surface area contributed by atoms with Gasteiger partial charge in [0.25, 0.3) is 0 Å². The molecule has 5 heteroatoms. The van der Waals surface area contributed by atoms with Crippen LogP contribution in [0.4, 0.5) is 0 Å². The van der Waals surface area contributed by atoms with E-state index >= 15 is 0 Å². The number of aliphatic carboxylic acids is 1. The second-order valence-electron chi connectivity index (χ2n) is 5.85. The molecule has 5 nitrogen and oxygen atoms in total. The van der Waals surface area contributed by atoms with E-state index in [0.717, 1.165) is 12.0 Å².